The fourth-order valence-electron chi connectivity index (χ4n) is 2.81. The van der Waals surface area contributed by atoms with Crippen molar-refractivity contribution >= 4 is 26.7 Å². The van der Waals surface area contributed by atoms with E-state index in [1.54, 1.807) is 19.2 Å². The molecule has 9 heteroatoms. The lowest BCUT2D eigenvalue weighted by Crippen LogP contribution is -2.17. The van der Waals surface area contributed by atoms with Crippen LogP contribution >= 0.6 is 0 Å². The Balaban J connectivity index is 1.99. The second-order valence-electron chi connectivity index (χ2n) is 6.07. The molecule has 0 spiro atoms. The number of methoxy groups -OCH3 is 1. The number of pyridine rings is 1. The van der Waals surface area contributed by atoms with Crippen LogP contribution in [0.5, 0.6) is 5.75 Å². The van der Waals surface area contributed by atoms with Crippen molar-refractivity contribution < 1.29 is 21.9 Å². The Hall–Kier alpha value is -2.68. The first-order chi connectivity index (χ1) is 12.8. The Morgan fingerprint density at radius 2 is 2.07 bits per heavy atom. The predicted molar refractivity (Wildman–Crippen MR) is 99.5 cm³/mol. The van der Waals surface area contributed by atoms with Crippen molar-refractivity contribution in [3.63, 3.8) is 0 Å². The summed E-state index contributed by atoms with van der Waals surface area (Å²) in [5.74, 6) is -1.31. The summed E-state index contributed by atoms with van der Waals surface area (Å²) in [6, 6.07) is 3.86. The highest BCUT2D eigenvalue weighted by Crippen LogP contribution is 2.28. The van der Waals surface area contributed by atoms with Gasteiger partial charge in [0, 0.05) is 23.6 Å². The van der Waals surface area contributed by atoms with E-state index in [2.05, 4.69) is 14.7 Å². The minimum atomic E-state index is -3.69. The Morgan fingerprint density at radius 3 is 2.78 bits per heavy atom. The molecule has 0 aliphatic heterocycles. The molecule has 2 heterocycles. The van der Waals surface area contributed by atoms with Crippen molar-refractivity contribution in [1.29, 1.82) is 0 Å². The summed E-state index contributed by atoms with van der Waals surface area (Å²) in [7, 11) is -2.19. The molecule has 27 heavy (non-hydrogen) atoms. The van der Waals surface area contributed by atoms with Crippen LogP contribution < -0.4 is 9.46 Å². The molecule has 2 N–H and O–H groups in total. The van der Waals surface area contributed by atoms with E-state index >= 15 is 0 Å². The smallest absolute Gasteiger partial charge is 0.232 e. The third kappa shape index (κ3) is 4.02. The molecule has 3 aromatic rings. The number of halogens is 2. The minimum absolute atomic E-state index is 0.0736. The number of aromatic amines is 1. The van der Waals surface area contributed by atoms with Gasteiger partial charge in [0.05, 0.1) is 24.7 Å². The summed E-state index contributed by atoms with van der Waals surface area (Å²) >= 11 is 0. The number of ether oxygens (including phenoxy) is 1. The summed E-state index contributed by atoms with van der Waals surface area (Å²) in [6.45, 7) is 1.70. The summed E-state index contributed by atoms with van der Waals surface area (Å²) in [5.41, 5.74) is 0.681. The molecule has 0 saturated heterocycles. The number of sulfonamides is 1. The molecule has 0 saturated carbocycles. The average molecular weight is 395 g/mol. The molecule has 0 fully saturated rings. The molecule has 0 aliphatic carbocycles. The third-order valence-electron chi connectivity index (χ3n) is 4.12. The summed E-state index contributed by atoms with van der Waals surface area (Å²) in [5, 5.41) is 0.671. The van der Waals surface area contributed by atoms with Gasteiger partial charge >= 0.3 is 0 Å². The number of anilines is 1. The number of fused-ring (bicyclic) bond motifs is 1. The summed E-state index contributed by atoms with van der Waals surface area (Å²) in [4.78, 5) is 7.13. The molecule has 0 unspecified atom stereocenters. The van der Waals surface area contributed by atoms with E-state index in [9.17, 15) is 17.2 Å². The van der Waals surface area contributed by atoms with Gasteiger partial charge in [-0.05, 0) is 30.2 Å². The molecule has 0 atom stereocenters. The highest BCUT2D eigenvalue weighted by molar-refractivity contribution is 7.92. The number of nitrogens with one attached hydrogen (secondary N) is 2. The lowest BCUT2D eigenvalue weighted by Gasteiger charge is -2.12. The van der Waals surface area contributed by atoms with Crippen molar-refractivity contribution in [1.82, 2.24) is 9.97 Å². The second-order valence-corrected chi connectivity index (χ2v) is 7.91. The normalized spacial score (nSPS) is 11.7. The molecule has 1 aromatic carbocycles. The SMILES string of the molecule is CCCS(=O)(=O)Nc1ccc(F)c(Cc2c[nH]c3ncc(OC)cc23)c1F. The van der Waals surface area contributed by atoms with Crippen LogP contribution in [0.2, 0.25) is 0 Å². The lowest BCUT2D eigenvalue weighted by atomic mass is 10.0. The predicted octanol–water partition coefficient (Wildman–Crippen LogP) is 3.59. The number of benzene rings is 1. The van der Waals surface area contributed by atoms with Gasteiger partial charge in [0.15, 0.2) is 5.82 Å². The Bertz CT molecular complexity index is 1080. The van der Waals surface area contributed by atoms with E-state index in [0.717, 1.165) is 12.1 Å². The van der Waals surface area contributed by atoms with Gasteiger partial charge in [0.1, 0.15) is 17.2 Å². The third-order valence-corrected chi connectivity index (χ3v) is 5.60. The molecule has 0 bridgehead atoms. The van der Waals surface area contributed by atoms with Gasteiger partial charge in [-0.2, -0.15) is 0 Å². The quantitative estimate of drug-likeness (QED) is 0.640. The first-order valence-corrected chi connectivity index (χ1v) is 9.97. The number of rotatable bonds is 7. The zero-order valence-corrected chi connectivity index (χ0v) is 15.7. The van der Waals surface area contributed by atoms with E-state index in [-0.39, 0.29) is 23.4 Å². The number of hydrogen-bond acceptors (Lipinski definition) is 4. The molecule has 144 valence electrons. The molecule has 3 rings (SSSR count). The monoisotopic (exact) mass is 395 g/mol. The van der Waals surface area contributed by atoms with E-state index in [1.807, 2.05) is 0 Å². The molecular formula is C18H19F2N3O3S. The second kappa shape index (κ2) is 7.51. The van der Waals surface area contributed by atoms with Crippen LogP contribution in [0.25, 0.3) is 11.0 Å². The zero-order valence-electron chi connectivity index (χ0n) is 14.8. The standard InChI is InChI=1S/C18H19F2N3O3S/c1-3-6-27(24,25)23-16-5-4-15(19)14(17(16)20)7-11-9-21-18-13(11)8-12(26-2)10-22-18/h4-5,8-10,23H,3,6-7H2,1-2H3,(H,21,22). The lowest BCUT2D eigenvalue weighted by molar-refractivity contribution is 0.413. The molecule has 0 aliphatic rings. The number of nitrogens with zero attached hydrogens (tertiary/aromatic N) is 1. The van der Waals surface area contributed by atoms with Crippen molar-refractivity contribution in [3.05, 3.63) is 53.4 Å². The van der Waals surface area contributed by atoms with Crippen LogP contribution in [0, 0.1) is 11.6 Å². The molecule has 0 radical (unpaired) electrons. The van der Waals surface area contributed by atoms with Crippen LogP contribution in [0.3, 0.4) is 0 Å². The molecular weight excluding hydrogens is 376 g/mol. The van der Waals surface area contributed by atoms with Crippen molar-refractivity contribution in [2.45, 2.75) is 19.8 Å². The minimum Gasteiger partial charge on any atom is -0.495 e. The van der Waals surface area contributed by atoms with Gasteiger partial charge in [0.25, 0.3) is 0 Å². The maximum atomic E-state index is 14.8. The van der Waals surface area contributed by atoms with Crippen LogP contribution in [0.15, 0.2) is 30.6 Å². The van der Waals surface area contributed by atoms with Gasteiger partial charge in [-0.25, -0.2) is 22.2 Å². The summed E-state index contributed by atoms with van der Waals surface area (Å²) in [6.07, 6.45) is 3.46. The van der Waals surface area contributed by atoms with Crippen molar-refractivity contribution in [2.75, 3.05) is 17.6 Å². The first-order valence-electron chi connectivity index (χ1n) is 8.32. The molecule has 6 nitrogen and oxygen atoms in total. The van der Waals surface area contributed by atoms with Crippen LogP contribution in [-0.4, -0.2) is 31.2 Å². The van der Waals surface area contributed by atoms with E-state index in [4.69, 9.17) is 4.74 Å². The van der Waals surface area contributed by atoms with Crippen LogP contribution in [0.1, 0.15) is 24.5 Å². The average Bonchev–Trinajstić information content (AvgIpc) is 3.03. The van der Waals surface area contributed by atoms with Crippen LogP contribution in [0.4, 0.5) is 14.5 Å². The zero-order chi connectivity index (χ0) is 19.6. The van der Waals surface area contributed by atoms with Crippen LogP contribution in [-0.2, 0) is 16.4 Å². The number of aromatic nitrogens is 2. The Morgan fingerprint density at radius 1 is 1.30 bits per heavy atom. The highest BCUT2D eigenvalue weighted by atomic mass is 32.2. The number of H-pyrrole nitrogens is 1. The van der Waals surface area contributed by atoms with Gasteiger partial charge in [-0.15, -0.1) is 0 Å². The van der Waals surface area contributed by atoms with Gasteiger partial charge in [-0.1, -0.05) is 6.92 Å². The molecule has 2 aromatic heterocycles. The fourth-order valence-corrected chi connectivity index (χ4v) is 3.94. The highest BCUT2D eigenvalue weighted by Gasteiger charge is 2.19. The van der Waals surface area contributed by atoms with Gasteiger partial charge in [0.2, 0.25) is 10.0 Å². The Labute approximate surface area is 155 Å². The van der Waals surface area contributed by atoms with E-state index in [0.29, 0.717) is 28.8 Å². The van der Waals surface area contributed by atoms with Gasteiger partial charge < -0.3 is 9.72 Å². The molecule has 0 amide bonds. The topological polar surface area (TPSA) is 84.1 Å². The Kier molecular flexibility index (Phi) is 5.31. The number of hydrogen-bond donors (Lipinski definition) is 2. The maximum Gasteiger partial charge on any atom is 0.232 e. The first kappa shape index (κ1) is 19.1. The van der Waals surface area contributed by atoms with E-state index < -0.39 is 21.7 Å². The summed E-state index contributed by atoms with van der Waals surface area (Å²) < 4.78 is 60.2. The largest absolute Gasteiger partial charge is 0.495 e. The van der Waals surface area contributed by atoms with Crippen molar-refractivity contribution in [2.24, 2.45) is 0 Å². The van der Waals surface area contributed by atoms with E-state index in [1.165, 1.54) is 13.3 Å². The van der Waals surface area contributed by atoms with Crippen molar-refractivity contribution in [3.8, 4) is 5.75 Å². The maximum absolute atomic E-state index is 14.8. The fraction of sp³-hybridized carbons (Fsp3) is 0.278. The van der Waals surface area contributed by atoms with Gasteiger partial charge in [-0.3, -0.25) is 4.72 Å².